The van der Waals surface area contributed by atoms with Crippen molar-refractivity contribution in [1.82, 2.24) is 14.1 Å². The number of urea groups is 1. The van der Waals surface area contributed by atoms with Gasteiger partial charge < -0.3 is 15.0 Å². The highest BCUT2D eigenvalue weighted by Crippen LogP contribution is 2.21. The molecule has 0 unspecified atom stereocenters. The van der Waals surface area contributed by atoms with Gasteiger partial charge in [0.05, 0.1) is 29.7 Å². The van der Waals surface area contributed by atoms with Gasteiger partial charge in [-0.1, -0.05) is 18.2 Å². The molecular weight excluding hydrogens is 442 g/mol. The second-order valence-corrected chi connectivity index (χ2v) is 9.98. The number of carbonyl (C=O) groups excluding carboxylic acids is 1. The minimum Gasteiger partial charge on any atom is -0.379 e. The molecule has 10 heteroatoms. The second kappa shape index (κ2) is 10.3. The van der Waals surface area contributed by atoms with Crippen LogP contribution in [0.25, 0.3) is 0 Å². The lowest BCUT2D eigenvalue weighted by Crippen LogP contribution is -2.49. The standard InChI is InChI=1S/C23H27N5O4S/c24-17-19-4-6-20(7-5-19)18-26-8-10-27(11-9-26)23(29)25-21-2-1-3-22(16-21)33(30,31)28-12-14-32-15-13-28/h1-7,16H,8-15,18H2,(H,25,29). The van der Waals surface area contributed by atoms with Crippen LogP contribution in [0.4, 0.5) is 10.5 Å². The first-order chi connectivity index (χ1) is 16.0. The van der Waals surface area contributed by atoms with Gasteiger partial charge in [0.25, 0.3) is 0 Å². The normalized spacial score (nSPS) is 18.0. The Morgan fingerprint density at radius 3 is 2.36 bits per heavy atom. The van der Waals surface area contributed by atoms with Crippen molar-refractivity contribution in [2.45, 2.75) is 11.4 Å². The van der Waals surface area contributed by atoms with Crippen LogP contribution in [-0.4, -0.2) is 81.0 Å². The van der Waals surface area contributed by atoms with Crippen LogP contribution >= 0.6 is 0 Å². The Morgan fingerprint density at radius 1 is 1.00 bits per heavy atom. The topological polar surface area (TPSA) is 106 Å². The molecule has 0 atom stereocenters. The van der Waals surface area contributed by atoms with E-state index < -0.39 is 10.0 Å². The van der Waals surface area contributed by atoms with E-state index in [4.69, 9.17) is 10.00 Å². The molecule has 0 aromatic heterocycles. The fraction of sp³-hybridized carbons (Fsp3) is 0.391. The number of rotatable bonds is 5. The fourth-order valence-corrected chi connectivity index (χ4v) is 5.38. The smallest absolute Gasteiger partial charge is 0.321 e. The summed E-state index contributed by atoms with van der Waals surface area (Å²) in [5.41, 5.74) is 2.22. The molecular formula is C23H27N5O4S. The highest BCUT2D eigenvalue weighted by molar-refractivity contribution is 7.89. The largest absolute Gasteiger partial charge is 0.379 e. The maximum absolute atomic E-state index is 12.9. The van der Waals surface area contributed by atoms with Crippen molar-refractivity contribution in [3.8, 4) is 6.07 Å². The van der Waals surface area contributed by atoms with Crippen LogP contribution in [0.3, 0.4) is 0 Å². The molecule has 0 spiro atoms. The van der Waals surface area contributed by atoms with E-state index in [-0.39, 0.29) is 10.9 Å². The summed E-state index contributed by atoms with van der Waals surface area (Å²) in [6.45, 7) is 4.80. The van der Waals surface area contributed by atoms with Crippen LogP contribution in [0.15, 0.2) is 53.4 Å². The molecule has 0 saturated carbocycles. The molecule has 2 aromatic rings. The van der Waals surface area contributed by atoms with Crippen molar-refractivity contribution in [2.75, 3.05) is 57.8 Å². The van der Waals surface area contributed by atoms with Gasteiger partial charge in [0.2, 0.25) is 10.0 Å². The number of sulfonamides is 1. The van der Waals surface area contributed by atoms with E-state index in [1.807, 2.05) is 24.3 Å². The highest BCUT2D eigenvalue weighted by Gasteiger charge is 2.27. The molecule has 2 aliphatic heterocycles. The average molecular weight is 470 g/mol. The van der Waals surface area contributed by atoms with Crippen molar-refractivity contribution in [3.63, 3.8) is 0 Å². The van der Waals surface area contributed by atoms with E-state index in [1.165, 1.54) is 10.4 Å². The van der Waals surface area contributed by atoms with Crippen LogP contribution in [0.5, 0.6) is 0 Å². The van der Waals surface area contributed by atoms with E-state index in [2.05, 4.69) is 16.3 Å². The number of nitrogens with one attached hydrogen (secondary N) is 1. The van der Waals surface area contributed by atoms with Gasteiger partial charge in [-0.3, -0.25) is 4.90 Å². The van der Waals surface area contributed by atoms with Gasteiger partial charge in [0.15, 0.2) is 0 Å². The zero-order valence-electron chi connectivity index (χ0n) is 18.3. The summed E-state index contributed by atoms with van der Waals surface area (Å²) in [7, 11) is -3.62. The van der Waals surface area contributed by atoms with E-state index in [9.17, 15) is 13.2 Å². The molecule has 2 heterocycles. The number of morpholine rings is 1. The van der Waals surface area contributed by atoms with Crippen molar-refractivity contribution in [3.05, 3.63) is 59.7 Å². The first-order valence-corrected chi connectivity index (χ1v) is 12.3. The summed E-state index contributed by atoms with van der Waals surface area (Å²) in [6, 6.07) is 15.8. The molecule has 33 heavy (non-hydrogen) atoms. The molecule has 2 aliphatic rings. The number of hydrogen-bond donors (Lipinski definition) is 1. The van der Waals surface area contributed by atoms with Crippen molar-refractivity contribution in [2.24, 2.45) is 0 Å². The average Bonchev–Trinajstić information content (AvgIpc) is 2.85. The van der Waals surface area contributed by atoms with Crippen LogP contribution in [0, 0.1) is 11.3 Å². The maximum Gasteiger partial charge on any atom is 0.321 e. The van der Waals surface area contributed by atoms with Crippen LogP contribution in [-0.2, 0) is 21.3 Å². The predicted molar refractivity (Wildman–Crippen MR) is 123 cm³/mol. The quantitative estimate of drug-likeness (QED) is 0.717. The molecule has 0 bridgehead atoms. The first-order valence-electron chi connectivity index (χ1n) is 10.9. The first kappa shape index (κ1) is 23.2. The Kier molecular flexibility index (Phi) is 7.25. The van der Waals surface area contributed by atoms with Crippen LogP contribution < -0.4 is 5.32 Å². The zero-order valence-corrected chi connectivity index (χ0v) is 19.1. The summed E-state index contributed by atoms with van der Waals surface area (Å²) < 4.78 is 32.4. The Bertz CT molecular complexity index is 1120. The molecule has 4 rings (SSSR count). The van der Waals surface area contributed by atoms with Crippen LogP contribution in [0.2, 0.25) is 0 Å². The third kappa shape index (κ3) is 5.69. The van der Waals surface area contributed by atoms with E-state index >= 15 is 0 Å². The molecule has 2 saturated heterocycles. The minimum absolute atomic E-state index is 0.162. The number of nitriles is 1. The molecule has 0 aliphatic carbocycles. The second-order valence-electron chi connectivity index (χ2n) is 8.05. The number of benzene rings is 2. The van der Waals surface area contributed by atoms with Crippen molar-refractivity contribution in [1.29, 1.82) is 5.26 Å². The lowest BCUT2D eigenvalue weighted by atomic mass is 10.1. The Hall–Kier alpha value is -2.97. The summed E-state index contributed by atoms with van der Waals surface area (Å²) >= 11 is 0. The van der Waals surface area contributed by atoms with Crippen molar-refractivity contribution < 1.29 is 17.9 Å². The highest BCUT2D eigenvalue weighted by atomic mass is 32.2. The minimum atomic E-state index is -3.62. The Morgan fingerprint density at radius 2 is 1.70 bits per heavy atom. The maximum atomic E-state index is 12.9. The van der Waals surface area contributed by atoms with Gasteiger partial charge in [-0.15, -0.1) is 0 Å². The Balaban J connectivity index is 1.32. The number of amides is 2. The number of nitrogens with zero attached hydrogens (tertiary/aromatic N) is 4. The molecule has 2 amide bonds. The van der Waals surface area contributed by atoms with E-state index in [1.54, 1.807) is 23.1 Å². The summed E-state index contributed by atoms with van der Waals surface area (Å²) in [5.74, 6) is 0. The molecule has 9 nitrogen and oxygen atoms in total. The monoisotopic (exact) mass is 469 g/mol. The van der Waals surface area contributed by atoms with Gasteiger partial charge in [-0.05, 0) is 35.9 Å². The van der Waals surface area contributed by atoms with Crippen LogP contribution in [0.1, 0.15) is 11.1 Å². The molecule has 0 radical (unpaired) electrons. The van der Waals surface area contributed by atoms with Gasteiger partial charge in [-0.25, -0.2) is 13.2 Å². The number of hydrogen-bond acceptors (Lipinski definition) is 6. The lowest BCUT2D eigenvalue weighted by molar-refractivity contribution is 0.0730. The lowest BCUT2D eigenvalue weighted by Gasteiger charge is -2.34. The third-order valence-electron chi connectivity index (χ3n) is 5.84. The van der Waals surface area contributed by atoms with Gasteiger partial charge >= 0.3 is 6.03 Å². The number of piperazine rings is 1. The summed E-state index contributed by atoms with van der Waals surface area (Å²) in [5, 5.41) is 11.7. The molecule has 2 fully saturated rings. The molecule has 174 valence electrons. The van der Waals surface area contributed by atoms with Gasteiger partial charge in [-0.2, -0.15) is 9.57 Å². The zero-order chi connectivity index (χ0) is 23.3. The predicted octanol–water partition coefficient (Wildman–Crippen LogP) is 1.93. The Labute approximate surface area is 194 Å². The van der Waals surface area contributed by atoms with Gasteiger partial charge in [0.1, 0.15) is 0 Å². The number of carbonyl (C=O) groups is 1. The molecule has 2 aromatic carbocycles. The van der Waals surface area contributed by atoms with E-state index in [0.29, 0.717) is 50.6 Å². The molecule has 1 N–H and O–H groups in total. The summed E-state index contributed by atoms with van der Waals surface area (Å²) in [6.07, 6.45) is 0. The SMILES string of the molecule is N#Cc1ccc(CN2CCN(C(=O)Nc3cccc(S(=O)(=O)N4CCOCC4)c3)CC2)cc1. The van der Waals surface area contributed by atoms with E-state index in [0.717, 1.165) is 25.2 Å². The van der Waals surface area contributed by atoms with Crippen molar-refractivity contribution >= 4 is 21.7 Å². The van der Waals surface area contributed by atoms with Gasteiger partial charge in [0, 0.05) is 51.5 Å². The fourth-order valence-electron chi connectivity index (χ4n) is 3.92. The third-order valence-corrected chi connectivity index (χ3v) is 7.74. The number of anilines is 1. The number of ether oxygens (including phenoxy) is 1. The summed E-state index contributed by atoms with van der Waals surface area (Å²) in [4.78, 5) is 16.9.